The first-order chi connectivity index (χ1) is 9.52. The van der Waals surface area contributed by atoms with E-state index in [-0.39, 0.29) is 37.0 Å². The summed E-state index contributed by atoms with van der Waals surface area (Å²) in [6, 6.07) is 0. The lowest BCUT2D eigenvalue weighted by Gasteiger charge is -2.13. The Morgan fingerprint density at radius 1 is 0.800 bits per heavy atom. The second-order valence-electron chi connectivity index (χ2n) is 5.42. The Morgan fingerprint density at radius 2 is 1.15 bits per heavy atom. The Morgan fingerprint density at radius 3 is 1.45 bits per heavy atom. The first kappa shape index (κ1) is 18.9. The maximum atomic E-state index is 11.6. The van der Waals surface area contributed by atoms with E-state index in [2.05, 4.69) is 13.8 Å². The molecule has 0 amide bonds. The zero-order chi connectivity index (χ0) is 15.4. The lowest BCUT2D eigenvalue weighted by molar-refractivity contribution is -0.157. The van der Waals surface area contributed by atoms with Crippen LogP contribution in [0.1, 0.15) is 66.2 Å². The van der Waals surface area contributed by atoms with Crippen molar-refractivity contribution < 1.29 is 19.1 Å². The maximum Gasteiger partial charge on any atom is 0.308 e. The fourth-order valence-electron chi connectivity index (χ4n) is 1.83. The van der Waals surface area contributed by atoms with Crippen molar-refractivity contribution in [3.63, 3.8) is 0 Å². The van der Waals surface area contributed by atoms with Gasteiger partial charge in [0.05, 0.1) is 11.8 Å². The second-order valence-corrected chi connectivity index (χ2v) is 5.42. The van der Waals surface area contributed by atoms with Crippen LogP contribution in [0, 0.1) is 11.8 Å². The molecule has 0 aliphatic rings. The molecule has 0 bridgehead atoms. The average Bonchev–Trinajstić information content (AvgIpc) is 2.45. The molecule has 0 saturated carbocycles. The molecule has 20 heavy (non-hydrogen) atoms. The minimum absolute atomic E-state index is 0.0749. The zero-order valence-electron chi connectivity index (χ0n) is 13.4. The summed E-state index contributed by atoms with van der Waals surface area (Å²) in [5.74, 6) is -0.551. The van der Waals surface area contributed by atoms with E-state index < -0.39 is 0 Å². The van der Waals surface area contributed by atoms with Crippen molar-refractivity contribution in [1.82, 2.24) is 0 Å². The van der Waals surface area contributed by atoms with Crippen LogP contribution in [0.4, 0.5) is 0 Å². The van der Waals surface area contributed by atoms with Gasteiger partial charge in [-0.05, 0) is 12.8 Å². The summed E-state index contributed by atoms with van der Waals surface area (Å²) in [5, 5.41) is 0. The monoisotopic (exact) mass is 286 g/mol. The van der Waals surface area contributed by atoms with E-state index in [0.29, 0.717) is 0 Å². The third-order valence-corrected chi connectivity index (χ3v) is 3.36. The molecule has 0 radical (unpaired) electrons. The first-order valence-corrected chi connectivity index (χ1v) is 7.86. The van der Waals surface area contributed by atoms with Gasteiger partial charge in [0.15, 0.2) is 0 Å². The largest absolute Gasteiger partial charge is 0.462 e. The summed E-state index contributed by atoms with van der Waals surface area (Å²) in [5.41, 5.74) is 0. The van der Waals surface area contributed by atoms with Crippen LogP contribution in [-0.2, 0) is 19.1 Å². The molecule has 0 N–H and O–H groups in total. The SMILES string of the molecule is CCCCC(C)C(=O)OCCOC(=O)C(C)CCCC. The molecule has 0 aliphatic heterocycles. The first-order valence-electron chi connectivity index (χ1n) is 7.86. The van der Waals surface area contributed by atoms with Crippen molar-refractivity contribution in [2.45, 2.75) is 66.2 Å². The second kappa shape index (κ2) is 11.7. The number of hydrogen-bond donors (Lipinski definition) is 0. The Kier molecular flexibility index (Phi) is 11.1. The average molecular weight is 286 g/mol. The van der Waals surface area contributed by atoms with Crippen molar-refractivity contribution in [3.8, 4) is 0 Å². The van der Waals surface area contributed by atoms with Crippen LogP contribution in [0.3, 0.4) is 0 Å². The minimum atomic E-state index is -0.200. The molecule has 4 nitrogen and oxygen atoms in total. The Labute approximate surface area is 123 Å². The highest BCUT2D eigenvalue weighted by Crippen LogP contribution is 2.10. The molecule has 0 aromatic carbocycles. The van der Waals surface area contributed by atoms with Gasteiger partial charge in [0.1, 0.15) is 13.2 Å². The minimum Gasteiger partial charge on any atom is -0.462 e. The lowest BCUT2D eigenvalue weighted by atomic mass is 10.1. The third-order valence-electron chi connectivity index (χ3n) is 3.36. The van der Waals surface area contributed by atoms with Crippen molar-refractivity contribution in [1.29, 1.82) is 0 Å². The number of esters is 2. The zero-order valence-corrected chi connectivity index (χ0v) is 13.4. The van der Waals surface area contributed by atoms with Gasteiger partial charge in [0.2, 0.25) is 0 Å². The normalized spacial score (nSPS) is 13.6. The van der Waals surface area contributed by atoms with Gasteiger partial charge in [-0.25, -0.2) is 0 Å². The van der Waals surface area contributed by atoms with Gasteiger partial charge in [0.25, 0.3) is 0 Å². The van der Waals surface area contributed by atoms with Gasteiger partial charge < -0.3 is 9.47 Å². The summed E-state index contributed by atoms with van der Waals surface area (Å²) in [6.07, 6.45) is 5.91. The van der Waals surface area contributed by atoms with Crippen LogP contribution in [-0.4, -0.2) is 25.2 Å². The molecule has 0 aliphatic carbocycles. The molecule has 0 spiro atoms. The Bertz CT molecular complexity index is 248. The number of unbranched alkanes of at least 4 members (excludes halogenated alkanes) is 2. The number of rotatable bonds is 11. The van der Waals surface area contributed by atoms with Crippen LogP contribution in [0.25, 0.3) is 0 Å². The van der Waals surface area contributed by atoms with Gasteiger partial charge in [-0.1, -0.05) is 53.4 Å². The van der Waals surface area contributed by atoms with Gasteiger partial charge in [-0.15, -0.1) is 0 Å². The van der Waals surface area contributed by atoms with E-state index >= 15 is 0 Å². The fraction of sp³-hybridized carbons (Fsp3) is 0.875. The fourth-order valence-corrected chi connectivity index (χ4v) is 1.83. The predicted octanol–water partition coefficient (Wildman–Crippen LogP) is 3.73. The van der Waals surface area contributed by atoms with E-state index in [1.807, 2.05) is 13.8 Å². The highest BCUT2D eigenvalue weighted by atomic mass is 16.6. The summed E-state index contributed by atoms with van der Waals surface area (Å²) in [4.78, 5) is 23.2. The van der Waals surface area contributed by atoms with Crippen LogP contribution >= 0.6 is 0 Å². The molecular formula is C16H30O4. The molecule has 118 valence electrons. The van der Waals surface area contributed by atoms with Crippen LogP contribution in [0.2, 0.25) is 0 Å². The number of ether oxygens (including phenoxy) is 2. The van der Waals surface area contributed by atoms with Crippen LogP contribution < -0.4 is 0 Å². The van der Waals surface area contributed by atoms with E-state index in [1.54, 1.807) is 0 Å². The highest BCUT2D eigenvalue weighted by Gasteiger charge is 2.15. The summed E-state index contributed by atoms with van der Waals surface area (Å²) in [7, 11) is 0. The van der Waals surface area contributed by atoms with Gasteiger partial charge in [0, 0.05) is 0 Å². The standard InChI is InChI=1S/C16H30O4/c1-5-7-9-13(3)15(17)19-11-12-20-16(18)14(4)10-8-6-2/h13-14H,5-12H2,1-4H3. The topological polar surface area (TPSA) is 52.6 Å². The molecule has 0 saturated heterocycles. The van der Waals surface area contributed by atoms with Gasteiger partial charge in [-0.2, -0.15) is 0 Å². The van der Waals surface area contributed by atoms with Crippen LogP contribution in [0.5, 0.6) is 0 Å². The molecule has 0 aromatic heterocycles. The van der Waals surface area contributed by atoms with E-state index in [9.17, 15) is 9.59 Å². The van der Waals surface area contributed by atoms with E-state index in [4.69, 9.17) is 9.47 Å². The van der Waals surface area contributed by atoms with E-state index in [1.165, 1.54) is 0 Å². The van der Waals surface area contributed by atoms with Gasteiger partial charge >= 0.3 is 11.9 Å². The highest BCUT2D eigenvalue weighted by molar-refractivity contribution is 5.72. The molecule has 2 unspecified atom stereocenters. The van der Waals surface area contributed by atoms with Crippen molar-refractivity contribution in [3.05, 3.63) is 0 Å². The third kappa shape index (κ3) is 8.94. The Balaban J connectivity index is 3.69. The summed E-state index contributed by atoms with van der Waals surface area (Å²) >= 11 is 0. The van der Waals surface area contributed by atoms with Crippen LogP contribution in [0.15, 0.2) is 0 Å². The quantitative estimate of drug-likeness (QED) is 0.429. The molecule has 0 aromatic rings. The molecule has 0 heterocycles. The van der Waals surface area contributed by atoms with Crippen molar-refractivity contribution >= 4 is 11.9 Å². The lowest BCUT2D eigenvalue weighted by Crippen LogP contribution is -2.21. The van der Waals surface area contributed by atoms with Gasteiger partial charge in [-0.3, -0.25) is 9.59 Å². The smallest absolute Gasteiger partial charge is 0.308 e. The predicted molar refractivity (Wildman–Crippen MR) is 79.3 cm³/mol. The molecule has 0 rings (SSSR count). The molecule has 0 fully saturated rings. The molecular weight excluding hydrogens is 256 g/mol. The molecule has 2 atom stereocenters. The maximum absolute atomic E-state index is 11.6. The van der Waals surface area contributed by atoms with E-state index in [0.717, 1.165) is 38.5 Å². The van der Waals surface area contributed by atoms with Crippen molar-refractivity contribution in [2.75, 3.05) is 13.2 Å². The summed E-state index contributed by atoms with van der Waals surface area (Å²) in [6.45, 7) is 8.24. The summed E-state index contributed by atoms with van der Waals surface area (Å²) < 4.78 is 10.2. The number of carbonyl (C=O) groups excluding carboxylic acids is 2. The number of hydrogen-bond acceptors (Lipinski definition) is 4. The number of carbonyl (C=O) groups is 2. The molecule has 4 heteroatoms. The van der Waals surface area contributed by atoms with Crippen molar-refractivity contribution in [2.24, 2.45) is 11.8 Å². The Hall–Kier alpha value is -1.06.